The maximum Gasteiger partial charge on any atom is 0.302 e. The molecule has 0 bridgehead atoms. The van der Waals surface area contributed by atoms with E-state index in [-0.39, 0.29) is 5.97 Å². The van der Waals surface area contributed by atoms with Crippen molar-refractivity contribution in [3.05, 3.63) is 29.3 Å². The van der Waals surface area contributed by atoms with Crippen LogP contribution in [-0.4, -0.2) is 51.2 Å². The van der Waals surface area contributed by atoms with Gasteiger partial charge in [0.15, 0.2) is 0 Å². The molecule has 0 aliphatic carbocycles. The van der Waals surface area contributed by atoms with Crippen LogP contribution in [0.1, 0.15) is 31.9 Å². The zero-order chi connectivity index (χ0) is 17.2. The quantitative estimate of drug-likeness (QED) is 0.804. The van der Waals surface area contributed by atoms with Gasteiger partial charge in [0, 0.05) is 51.9 Å². The molecule has 23 heavy (non-hydrogen) atoms. The summed E-state index contributed by atoms with van der Waals surface area (Å²) in [4.78, 5) is 14.5. The van der Waals surface area contributed by atoms with Crippen LogP contribution in [0.15, 0.2) is 18.2 Å². The molecule has 3 rings (SSSR count). The highest BCUT2D eigenvalue weighted by Crippen LogP contribution is 2.23. The Morgan fingerprint density at radius 1 is 1.09 bits per heavy atom. The molecule has 0 amide bonds. The highest BCUT2D eigenvalue weighted by Gasteiger charge is 2.16. The van der Waals surface area contributed by atoms with E-state index in [1.807, 2.05) is 13.8 Å². The second-order valence-corrected chi connectivity index (χ2v) is 5.54. The van der Waals surface area contributed by atoms with Gasteiger partial charge in [0.2, 0.25) is 0 Å². The molecule has 1 N–H and O–H groups in total. The third-order valence-electron chi connectivity index (χ3n) is 3.98. The summed E-state index contributed by atoms with van der Waals surface area (Å²) >= 11 is 0. The van der Waals surface area contributed by atoms with Gasteiger partial charge in [-0.05, 0) is 30.3 Å². The van der Waals surface area contributed by atoms with E-state index < -0.39 is 0 Å². The molecule has 0 atom stereocenters. The number of esters is 1. The van der Waals surface area contributed by atoms with Gasteiger partial charge in [0.1, 0.15) is 0 Å². The molecule has 0 saturated carbocycles. The first-order valence-corrected chi connectivity index (χ1v) is 8.40. The number of rotatable bonds is 1. The van der Waals surface area contributed by atoms with E-state index in [9.17, 15) is 4.79 Å². The van der Waals surface area contributed by atoms with Crippen molar-refractivity contribution >= 4 is 11.7 Å². The number of fused-ring (bicyclic) bond motifs is 1. The van der Waals surface area contributed by atoms with Crippen molar-refractivity contribution in [1.82, 2.24) is 10.2 Å². The number of carbonyl (C=O) groups is 1. The topological polar surface area (TPSA) is 44.8 Å². The summed E-state index contributed by atoms with van der Waals surface area (Å²) in [6.45, 7) is 12.1. The molecule has 0 spiro atoms. The minimum absolute atomic E-state index is 0.245. The number of anilines is 1. The third kappa shape index (κ3) is 6.20. The second-order valence-electron chi connectivity index (χ2n) is 5.54. The average Bonchev–Trinajstić information content (AvgIpc) is 3.05. The number of hydrogen-bond acceptors (Lipinski definition) is 5. The number of nitrogens with zero attached hydrogens (tertiary/aromatic N) is 2. The van der Waals surface area contributed by atoms with Crippen LogP contribution in [0.4, 0.5) is 5.69 Å². The van der Waals surface area contributed by atoms with Crippen LogP contribution in [0.5, 0.6) is 0 Å². The molecule has 1 aromatic carbocycles. The fourth-order valence-electron chi connectivity index (χ4n) is 2.54. The van der Waals surface area contributed by atoms with Crippen LogP contribution in [0.2, 0.25) is 0 Å². The van der Waals surface area contributed by atoms with Crippen molar-refractivity contribution in [2.75, 3.05) is 45.2 Å². The Labute approximate surface area is 140 Å². The van der Waals surface area contributed by atoms with Crippen LogP contribution in [-0.2, 0) is 22.6 Å². The molecule has 0 aromatic heterocycles. The Morgan fingerprint density at radius 3 is 2.22 bits per heavy atom. The molecular formula is C18H31N3O2. The van der Waals surface area contributed by atoms with E-state index in [4.69, 9.17) is 0 Å². The van der Waals surface area contributed by atoms with Gasteiger partial charge >= 0.3 is 5.97 Å². The number of carbonyl (C=O) groups excluding carboxylic acids is 1. The molecule has 2 heterocycles. The lowest BCUT2D eigenvalue weighted by atomic mass is 10.1. The molecule has 0 unspecified atom stereocenters. The van der Waals surface area contributed by atoms with Gasteiger partial charge in [0.25, 0.3) is 0 Å². The summed E-state index contributed by atoms with van der Waals surface area (Å²) < 4.78 is 4.11. The lowest BCUT2D eigenvalue weighted by Crippen LogP contribution is -2.44. The first-order chi connectivity index (χ1) is 11.1. The Bertz CT molecular complexity index is 483. The maximum atomic E-state index is 9.59. The predicted octanol–water partition coefficient (Wildman–Crippen LogP) is 2.25. The van der Waals surface area contributed by atoms with Crippen molar-refractivity contribution in [3.63, 3.8) is 0 Å². The Kier molecular flexibility index (Phi) is 8.66. The van der Waals surface area contributed by atoms with Gasteiger partial charge < -0.3 is 19.9 Å². The first kappa shape index (κ1) is 19.5. The van der Waals surface area contributed by atoms with Gasteiger partial charge in [-0.25, -0.2) is 0 Å². The number of benzene rings is 1. The molecule has 1 fully saturated rings. The van der Waals surface area contributed by atoms with Gasteiger partial charge in [-0.15, -0.1) is 0 Å². The molecule has 2 aliphatic heterocycles. The van der Waals surface area contributed by atoms with Gasteiger partial charge in [-0.2, -0.15) is 0 Å². The van der Waals surface area contributed by atoms with E-state index in [1.165, 1.54) is 43.9 Å². The minimum atomic E-state index is -0.245. The molecule has 5 nitrogen and oxygen atoms in total. The first-order valence-electron chi connectivity index (χ1n) is 8.40. The van der Waals surface area contributed by atoms with Crippen LogP contribution in [0, 0.1) is 0 Å². The van der Waals surface area contributed by atoms with Gasteiger partial charge in [0.05, 0.1) is 7.11 Å². The molecule has 130 valence electrons. The molecule has 1 aromatic rings. The van der Waals surface area contributed by atoms with Crippen LogP contribution in [0.25, 0.3) is 0 Å². The normalized spacial score (nSPS) is 16.5. The van der Waals surface area contributed by atoms with Gasteiger partial charge in [-0.3, -0.25) is 4.79 Å². The monoisotopic (exact) mass is 321 g/mol. The fourth-order valence-corrected chi connectivity index (χ4v) is 2.54. The Hall–Kier alpha value is -1.59. The summed E-state index contributed by atoms with van der Waals surface area (Å²) in [5, 5.41) is 3.40. The molecule has 0 radical (unpaired) electrons. The Morgan fingerprint density at radius 2 is 1.65 bits per heavy atom. The summed E-state index contributed by atoms with van der Waals surface area (Å²) in [6, 6.07) is 6.92. The lowest BCUT2D eigenvalue weighted by Gasteiger charge is -2.34. The van der Waals surface area contributed by atoms with E-state index in [0.29, 0.717) is 0 Å². The van der Waals surface area contributed by atoms with Crippen LogP contribution in [0.3, 0.4) is 0 Å². The van der Waals surface area contributed by atoms with E-state index >= 15 is 0 Å². The van der Waals surface area contributed by atoms with Crippen molar-refractivity contribution in [2.45, 2.75) is 33.9 Å². The number of hydrogen-bond donors (Lipinski definition) is 1. The third-order valence-corrected chi connectivity index (χ3v) is 3.98. The zero-order valence-electron chi connectivity index (χ0n) is 15.2. The summed E-state index contributed by atoms with van der Waals surface area (Å²) in [6.07, 6.45) is 0. The molecule has 5 heteroatoms. The predicted molar refractivity (Wildman–Crippen MR) is 95.7 cm³/mol. The van der Waals surface area contributed by atoms with Gasteiger partial charge in [-0.1, -0.05) is 19.9 Å². The van der Waals surface area contributed by atoms with E-state index in [0.717, 1.165) is 26.2 Å². The summed E-state index contributed by atoms with van der Waals surface area (Å²) in [7, 11) is 3.55. The van der Waals surface area contributed by atoms with E-state index in [1.54, 1.807) is 0 Å². The highest BCUT2D eigenvalue weighted by molar-refractivity contribution is 5.65. The van der Waals surface area contributed by atoms with Crippen LogP contribution >= 0.6 is 0 Å². The molecule has 1 saturated heterocycles. The standard InChI is InChI=1S/C13H19N3.C3H6O2.C2H6/c1-15-4-6-16(7-5-15)13-3-2-11-9-14-10-12(11)8-13;1-3(4)5-2;1-2/h2-3,8,14H,4-7,9-10H2,1H3;1-2H3;1-2H3. The van der Waals surface area contributed by atoms with Crippen LogP contribution < -0.4 is 10.2 Å². The van der Waals surface area contributed by atoms with Crippen molar-refractivity contribution < 1.29 is 9.53 Å². The fraction of sp³-hybridized carbons (Fsp3) is 0.611. The zero-order valence-corrected chi connectivity index (χ0v) is 15.2. The highest BCUT2D eigenvalue weighted by atomic mass is 16.5. The lowest BCUT2D eigenvalue weighted by molar-refractivity contribution is -0.137. The number of ether oxygens (including phenoxy) is 1. The molecule has 2 aliphatic rings. The SMILES string of the molecule is CC.CN1CCN(c2ccc3c(c2)CNC3)CC1.COC(C)=O. The summed E-state index contributed by atoms with van der Waals surface area (Å²) in [5.41, 5.74) is 4.35. The average molecular weight is 321 g/mol. The largest absolute Gasteiger partial charge is 0.469 e. The maximum absolute atomic E-state index is 9.59. The number of methoxy groups -OCH3 is 1. The second kappa shape index (κ2) is 10.2. The molecular weight excluding hydrogens is 290 g/mol. The smallest absolute Gasteiger partial charge is 0.302 e. The number of piperazine rings is 1. The summed E-state index contributed by atoms with van der Waals surface area (Å²) in [5.74, 6) is -0.245. The number of likely N-dealkylation sites (N-methyl/N-ethyl adjacent to an activating group) is 1. The van der Waals surface area contributed by atoms with Crippen molar-refractivity contribution in [2.24, 2.45) is 0 Å². The minimum Gasteiger partial charge on any atom is -0.469 e. The van der Waals surface area contributed by atoms with Crippen molar-refractivity contribution in [1.29, 1.82) is 0 Å². The number of nitrogens with one attached hydrogen (secondary N) is 1. The Balaban J connectivity index is 0.000000327. The van der Waals surface area contributed by atoms with E-state index in [2.05, 4.69) is 45.1 Å². The van der Waals surface area contributed by atoms with Crippen molar-refractivity contribution in [3.8, 4) is 0 Å².